The molecule has 0 unspecified atom stereocenters. The highest BCUT2D eigenvalue weighted by atomic mass is 16.6. The fraction of sp³-hybridized carbons (Fsp3) is 0.139. The van der Waals surface area contributed by atoms with Crippen LogP contribution < -0.4 is 14.8 Å². The summed E-state index contributed by atoms with van der Waals surface area (Å²) in [6, 6.07) is 38.5. The number of ether oxygens (including phenoxy) is 2. The van der Waals surface area contributed by atoms with Crippen molar-refractivity contribution in [3.63, 3.8) is 0 Å². The lowest BCUT2D eigenvalue weighted by atomic mass is 9.76. The molecule has 0 saturated carbocycles. The highest BCUT2D eigenvalue weighted by Crippen LogP contribution is 2.59. The van der Waals surface area contributed by atoms with Crippen molar-refractivity contribution in [3.8, 4) is 11.5 Å². The molecule has 0 aliphatic carbocycles. The maximum atomic E-state index is 13.8. The lowest BCUT2D eigenvalue weighted by molar-refractivity contribution is 0.0225. The zero-order chi connectivity index (χ0) is 28.1. The molecule has 0 atom stereocenters. The highest BCUT2D eigenvalue weighted by molar-refractivity contribution is 6.00. The zero-order valence-electron chi connectivity index (χ0n) is 23.3. The molecule has 5 heteroatoms. The van der Waals surface area contributed by atoms with Gasteiger partial charge in [-0.25, -0.2) is 4.79 Å². The first kappa shape index (κ1) is 25.0. The number of para-hydroxylation sites is 3. The molecule has 0 bridgehead atoms. The number of aryl methyl sites for hydroxylation is 2. The molecule has 0 fully saturated rings. The van der Waals surface area contributed by atoms with Crippen molar-refractivity contribution in [2.24, 2.45) is 0 Å². The van der Waals surface area contributed by atoms with Gasteiger partial charge in [-0.2, -0.15) is 0 Å². The maximum Gasteiger partial charge on any atom is 0.340 e. The van der Waals surface area contributed by atoms with Gasteiger partial charge in [-0.3, -0.25) is 10.0 Å². The predicted octanol–water partition coefficient (Wildman–Crippen LogP) is 8.45. The number of fused-ring (bicyclic) bond motifs is 6. The largest absolute Gasteiger partial charge is 0.456 e. The summed E-state index contributed by atoms with van der Waals surface area (Å²) < 4.78 is 12.9. The van der Waals surface area contributed by atoms with E-state index in [1.807, 2.05) is 78.9 Å². The normalized spacial score (nSPS) is 14.0. The average Bonchev–Trinajstić information content (AvgIpc) is 3.30. The monoisotopic (exact) mass is 538 g/mol. The molecule has 5 aromatic rings. The average molecular weight is 539 g/mol. The molecule has 0 amide bonds. The Hall–Kier alpha value is -5.03. The van der Waals surface area contributed by atoms with Gasteiger partial charge >= 0.3 is 5.97 Å². The van der Waals surface area contributed by atoms with Crippen molar-refractivity contribution >= 4 is 23.0 Å². The minimum Gasteiger partial charge on any atom is -0.456 e. The van der Waals surface area contributed by atoms with Gasteiger partial charge in [0.05, 0.1) is 22.6 Å². The van der Waals surface area contributed by atoms with Gasteiger partial charge in [-0.1, -0.05) is 78.4 Å². The molecule has 7 rings (SSSR count). The molecule has 1 spiro atoms. The molecule has 202 valence electrons. The van der Waals surface area contributed by atoms with Crippen LogP contribution in [-0.4, -0.2) is 12.5 Å². The number of carbonyl (C=O) groups excluding carboxylic acids is 1. The summed E-state index contributed by atoms with van der Waals surface area (Å²) in [5.74, 6) is 1.01. The summed E-state index contributed by atoms with van der Waals surface area (Å²) in [5, 5.41) is 4.49. The van der Waals surface area contributed by atoms with E-state index < -0.39 is 5.60 Å². The lowest BCUT2D eigenvalue weighted by Crippen LogP contribution is -2.42. The van der Waals surface area contributed by atoms with E-state index in [4.69, 9.17) is 9.47 Å². The topological polar surface area (TPSA) is 42.0 Å². The first-order valence-electron chi connectivity index (χ1n) is 14.0. The Morgan fingerprint density at radius 2 is 1.29 bits per heavy atom. The number of esters is 1. The standard InChI is InChI=1S/C36H30N2O3/c1-4-37(26-21-18-24(2)19-22-26)38(27-12-6-5-7-13-27)34-25(3)20-23-28-33(34)36(41-35(28)39)29-14-8-10-16-31(29)40-32-17-11-9-15-30(32)36/h5-23H,4H2,1-3H3. The molecule has 5 nitrogen and oxygen atoms in total. The number of nitrogens with zero attached hydrogens (tertiary/aromatic N) is 2. The quantitative estimate of drug-likeness (QED) is 0.166. The SMILES string of the molecule is CCN(c1ccc(C)cc1)N(c1ccccc1)c1c(C)ccc2c1C1(OC2=O)c2ccccc2Oc2ccccc21. The minimum atomic E-state index is -1.18. The van der Waals surface area contributed by atoms with Crippen molar-refractivity contribution < 1.29 is 14.3 Å². The van der Waals surface area contributed by atoms with E-state index in [-0.39, 0.29) is 5.97 Å². The van der Waals surface area contributed by atoms with Crippen LogP contribution >= 0.6 is 0 Å². The fourth-order valence-corrected chi connectivity index (χ4v) is 6.19. The Kier molecular flexibility index (Phi) is 5.82. The van der Waals surface area contributed by atoms with E-state index >= 15 is 0 Å². The van der Waals surface area contributed by atoms with Gasteiger partial charge in [-0.15, -0.1) is 0 Å². The fourth-order valence-electron chi connectivity index (χ4n) is 6.19. The Balaban J connectivity index is 1.58. The van der Waals surface area contributed by atoms with Gasteiger partial charge in [0.15, 0.2) is 5.60 Å². The second-order valence-electron chi connectivity index (χ2n) is 10.5. The summed E-state index contributed by atoms with van der Waals surface area (Å²) in [7, 11) is 0. The first-order valence-corrected chi connectivity index (χ1v) is 14.0. The van der Waals surface area contributed by atoms with E-state index in [1.165, 1.54) is 5.56 Å². The number of benzene rings is 5. The third-order valence-electron chi connectivity index (χ3n) is 8.04. The van der Waals surface area contributed by atoms with Crippen LogP contribution in [0.3, 0.4) is 0 Å². The first-order chi connectivity index (χ1) is 20.0. The lowest BCUT2D eigenvalue weighted by Gasteiger charge is -2.43. The Labute approximate surface area is 240 Å². The third kappa shape index (κ3) is 3.73. The van der Waals surface area contributed by atoms with E-state index in [2.05, 4.69) is 67.2 Å². The highest BCUT2D eigenvalue weighted by Gasteiger charge is 2.55. The van der Waals surface area contributed by atoms with Crippen LogP contribution in [0.4, 0.5) is 17.1 Å². The molecule has 0 aromatic heterocycles. The molecule has 5 aromatic carbocycles. The van der Waals surface area contributed by atoms with Crippen molar-refractivity contribution in [2.75, 3.05) is 16.6 Å². The van der Waals surface area contributed by atoms with E-state index in [9.17, 15) is 4.79 Å². The Morgan fingerprint density at radius 1 is 0.683 bits per heavy atom. The molecule has 0 N–H and O–H groups in total. The summed E-state index contributed by atoms with van der Waals surface area (Å²) in [6.45, 7) is 7.03. The molecule has 2 aliphatic rings. The van der Waals surface area contributed by atoms with Crippen molar-refractivity contribution in [3.05, 3.63) is 149 Å². The number of rotatable bonds is 5. The van der Waals surface area contributed by atoms with E-state index in [1.54, 1.807) is 0 Å². The third-order valence-corrected chi connectivity index (χ3v) is 8.04. The summed E-state index contributed by atoms with van der Waals surface area (Å²) in [5.41, 5.74) is 6.97. The van der Waals surface area contributed by atoms with Crippen LogP contribution in [0, 0.1) is 13.8 Å². The second-order valence-corrected chi connectivity index (χ2v) is 10.5. The molecule has 0 radical (unpaired) electrons. The number of carbonyl (C=O) groups is 1. The molecular weight excluding hydrogens is 508 g/mol. The molecule has 41 heavy (non-hydrogen) atoms. The smallest absolute Gasteiger partial charge is 0.340 e. The van der Waals surface area contributed by atoms with Crippen LogP contribution in [-0.2, 0) is 10.3 Å². The minimum absolute atomic E-state index is 0.348. The summed E-state index contributed by atoms with van der Waals surface area (Å²) in [6.07, 6.45) is 0. The number of anilines is 3. The van der Waals surface area contributed by atoms with Crippen LogP contribution in [0.1, 0.15) is 45.1 Å². The van der Waals surface area contributed by atoms with E-state index in [0.29, 0.717) is 23.6 Å². The van der Waals surface area contributed by atoms with Crippen molar-refractivity contribution in [1.82, 2.24) is 0 Å². The number of hydrogen-bond acceptors (Lipinski definition) is 5. The van der Waals surface area contributed by atoms with Gasteiger partial charge in [0.2, 0.25) is 0 Å². The van der Waals surface area contributed by atoms with Gasteiger partial charge < -0.3 is 9.47 Å². The summed E-state index contributed by atoms with van der Waals surface area (Å²) >= 11 is 0. The predicted molar refractivity (Wildman–Crippen MR) is 162 cm³/mol. The van der Waals surface area contributed by atoms with Gasteiger partial charge in [0, 0.05) is 23.2 Å². The summed E-state index contributed by atoms with van der Waals surface area (Å²) in [4.78, 5) is 13.8. The molecule has 2 heterocycles. The molecule has 0 saturated heterocycles. The molecular formula is C36H30N2O3. The van der Waals surface area contributed by atoms with Crippen LogP contribution in [0.2, 0.25) is 0 Å². The van der Waals surface area contributed by atoms with Gasteiger partial charge in [0.1, 0.15) is 11.5 Å². The van der Waals surface area contributed by atoms with Crippen molar-refractivity contribution in [1.29, 1.82) is 0 Å². The van der Waals surface area contributed by atoms with Crippen molar-refractivity contribution in [2.45, 2.75) is 26.4 Å². The zero-order valence-corrected chi connectivity index (χ0v) is 23.3. The maximum absolute atomic E-state index is 13.8. The second kappa shape index (κ2) is 9.56. The number of hydrazine groups is 1. The van der Waals surface area contributed by atoms with Gasteiger partial charge in [-0.05, 0) is 68.8 Å². The molecule has 2 aliphatic heterocycles. The Morgan fingerprint density at radius 3 is 1.93 bits per heavy atom. The van der Waals surface area contributed by atoms with Crippen LogP contribution in [0.15, 0.2) is 115 Å². The van der Waals surface area contributed by atoms with E-state index in [0.717, 1.165) is 39.3 Å². The van der Waals surface area contributed by atoms with Crippen LogP contribution in [0.5, 0.6) is 11.5 Å². The Bertz CT molecular complexity index is 1730. The number of hydrogen-bond donors (Lipinski definition) is 0. The van der Waals surface area contributed by atoms with Crippen LogP contribution in [0.25, 0.3) is 0 Å². The van der Waals surface area contributed by atoms with Gasteiger partial charge in [0.25, 0.3) is 0 Å².